The minimum atomic E-state index is -0.535. The number of ether oxygens (including phenoxy) is 1. The minimum Gasteiger partial charge on any atom is -0.508 e. The highest BCUT2D eigenvalue weighted by Gasteiger charge is 2.16. The van der Waals surface area contributed by atoms with Crippen LogP contribution in [0.4, 0.5) is 4.79 Å². The summed E-state index contributed by atoms with van der Waals surface area (Å²) in [5.41, 5.74) is 0.102. The van der Waals surface area contributed by atoms with Crippen LogP contribution in [0.25, 0.3) is 0 Å². The van der Waals surface area contributed by atoms with Crippen LogP contribution in [0.1, 0.15) is 26.3 Å². The molecule has 0 saturated heterocycles. The summed E-state index contributed by atoms with van der Waals surface area (Å²) in [6.45, 7) is 5.57. The molecule has 1 rings (SSSR count). The number of carbonyl (C=O) groups excluding carboxylic acids is 1. The maximum Gasteiger partial charge on any atom is 0.407 e. The summed E-state index contributed by atoms with van der Waals surface area (Å²) in [5.74, 6) is 0.107. The van der Waals surface area contributed by atoms with E-state index in [0.29, 0.717) is 10.6 Å². The Kier molecular flexibility index (Phi) is 4.23. The summed E-state index contributed by atoms with van der Waals surface area (Å²) in [6, 6.07) is 4.56. The van der Waals surface area contributed by atoms with Crippen LogP contribution in [0.2, 0.25) is 5.02 Å². The van der Waals surface area contributed by atoms with E-state index in [1.807, 2.05) is 0 Å². The predicted molar refractivity (Wildman–Crippen MR) is 66.2 cm³/mol. The molecule has 0 heterocycles. The van der Waals surface area contributed by atoms with Crippen molar-refractivity contribution < 1.29 is 14.6 Å². The lowest BCUT2D eigenvalue weighted by Crippen LogP contribution is -2.32. The Morgan fingerprint density at radius 1 is 1.47 bits per heavy atom. The van der Waals surface area contributed by atoms with Gasteiger partial charge in [-0.05, 0) is 44.5 Å². The van der Waals surface area contributed by atoms with E-state index >= 15 is 0 Å². The Morgan fingerprint density at radius 2 is 2.12 bits per heavy atom. The van der Waals surface area contributed by atoms with Crippen LogP contribution in [-0.2, 0) is 11.3 Å². The monoisotopic (exact) mass is 257 g/mol. The topological polar surface area (TPSA) is 58.6 Å². The molecule has 0 aliphatic carbocycles. The number of halogens is 1. The van der Waals surface area contributed by atoms with Gasteiger partial charge in [-0.15, -0.1) is 0 Å². The molecule has 0 aliphatic heterocycles. The van der Waals surface area contributed by atoms with Gasteiger partial charge in [0.25, 0.3) is 0 Å². The lowest BCUT2D eigenvalue weighted by Gasteiger charge is -2.19. The average Bonchev–Trinajstić information content (AvgIpc) is 2.17. The quantitative estimate of drug-likeness (QED) is 0.856. The summed E-state index contributed by atoms with van der Waals surface area (Å²) >= 11 is 5.91. The van der Waals surface area contributed by atoms with Gasteiger partial charge in [0.2, 0.25) is 0 Å². The average molecular weight is 258 g/mol. The lowest BCUT2D eigenvalue weighted by molar-refractivity contribution is 0.0523. The third kappa shape index (κ3) is 4.95. The fourth-order valence-corrected chi connectivity index (χ4v) is 1.36. The molecule has 1 aromatic rings. The number of hydrogen-bond acceptors (Lipinski definition) is 3. The lowest BCUT2D eigenvalue weighted by atomic mass is 10.2. The molecular formula is C12H16ClNO3. The molecule has 0 aromatic heterocycles. The second kappa shape index (κ2) is 5.27. The van der Waals surface area contributed by atoms with Crippen LogP contribution in [0.15, 0.2) is 18.2 Å². The van der Waals surface area contributed by atoms with Crippen molar-refractivity contribution in [2.24, 2.45) is 0 Å². The van der Waals surface area contributed by atoms with Crippen molar-refractivity contribution in [3.63, 3.8) is 0 Å². The third-order valence-corrected chi connectivity index (χ3v) is 2.22. The molecule has 2 N–H and O–H groups in total. The highest BCUT2D eigenvalue weighted by molar-refractivity contribution is 6.31. The second-order valence-corrected chi connectivity index (χ2v) is 5.04. The van der Waals surface area contributed by atoms with Crippen molar-refractivity contribution in [1.82, 2.24) is 5.32 Å². The number of benzene rings is 1. The first-order valence-electron chi connectivity index (χ1n) is 5.22. The zero-order valence-electron chi connectivity index (χ0n) is 10.1. The van der Waals surface area contributed by atoms with Crippen LogP contribution in [-0.4, -0.2) is 16.8 Å². The summed E-state index contributed by atoms with van der Waals surface area (Å²) in [5, 5.41) is 12.3. The number of hydrogen-bond donors (Lipinski definition) is 2. The molecule has 0 unspecified atom stereocenters. The van der Waals surface area contributed by atoms with Gasteiger partial charge in [0.15, 0.2) is 0 Å². The van der Waals surface area contributed by atoms with Crippen molar-refractivity contribution in [3.05, 3.63) is 28.8 Å². The maximum absolute atomic E-state index is 11.4. The summed E-state index contributed by atoms with van der Waals surface area (Å²) in [6.07, 6.45) is -0.517. The molecule has 4 nitrogen and oxygen atoms in total. The first-order valence-corrected chi connectivity index (χ1v) is 5.60. The molecule has 0 atom stereocenters. The normalized spacial score (nSPS) is 11.1. The first kappa shape index (κ1) is 13.6. The van der Waals surface area contributed by atoms with Crippen LogP contribution >= 0.6 is 11.6 Å². The van der Waals surface area contributed by atoms with E-state index in [1.54, 1.807) is 26.8 Å². The highest BCUT2D eigenvalue weighted by Crippen LogP contribution is 2.20. The van der Waals surface area contributed by atoms with Gasteiger partial charge in [0.1, 0.15) is 11.4 Å². The smallest absolute Gasteiger partial charge is 0.407 e. The van der Waals surface area contributed by atoms with Crippen LogP contribution in [0, 0.1) is 0 Å². The van der Waals surface area contributed by atoms with Crippen molar-refractivity contribution in [3.8, 4) is 5.75 Å². The van der Waals surface area contributed by atoms with E-state index in [2.05, 4.69) is 5.32 Å². The molecule has 0 spiro atoms. The summed E-state index contributed by atoms with van der Waals surface area (Å²) in [4.78, 5) is 11.4. The number of phenols is 1. The molecule has 5 heteroatoms. The fraction of sp³-hybridized carbons (Fsp3) is 0.417. The Labute approximate surface area is 106 Å². The van der Waals surface area contributed by atoms with E-state index in [0.717, 1.165) is 0 Å². The van der Waals surface area contributed by atoms with Crippen LogP contribution < -0.4 is 5.32 Å². The SMILES string of the molecule is CC(C)(C)OC(=O)NCc1cc(O)ccc1Cl. The molecule has 17 heavy (non-hydrogen) atoms. The second-order valence-electron chi connectivity index (χ2n) is 4.63. The summed E-state index contributed by atoms with van der Waals surface area (Å²) in [7, 11) is 0. The number of aromatic hydroxyl groups is 1. The molecule has 0 aliphatic rings. The van der Waals surface area contributed by atoms with Gasteiger partial charge in [-0.2, -0.15) is 0 Å². The standard InChI is InChI=1S/C12H16ClNO3/c1-12(2,3)17-11(16)14-7-8-6-9(15)4-5-10(8)13/h4-6,15H,7H2,1-3H3,(H,14,16). The van der Waals surface area contributed by atoms with Gasteiger partial charge in [0, 0.05) is 11.6 Å². The van der Waals surface area contributed by atoms with Crippen LogP contribution in [0.3, 0.4) is 0 Å². The first-order chi connectivity index (χ1) is 7.78. The van der Waals surface area contributed by atoms with E-state index < -0.39 is 11.7 Å². The van der Waals surface area contributed by atoms with E-state index in [9.17, 15) is 9.90 Å². The van der Waals surface area contributed by atoms with E-state index in [1.165, 1.54) is 12.1 Å². The van der Waals surface area contributed by atoms with Gasteiger partial charge in [-0.3, -0.25) is 0 Å². The number of rotatable bonds is 2. The van der Waals surface area contributed by atoms with Crippen molar-refractivity contribution in [2.45, 2.75) is 32.9 Å². The Hall–Kier alpha value is -1.42. The minimum absolute atomic E-state index is 0.107. The van der Waals surface area contributed by atoms with Gasteiger partial charge >= 0.3 is 6.09 Å². The number of carbonyl (C=O) groups is 1. The van der Waals surface area contributed by atoms with Crippen molar-refractivity contribution in [1.29, 1.82) is 0 Å². The van der Waals surface area contributed by atoms with Crippen molar-refractivity contribution in [2.75, 3.05) is 0 Å². The Morgan fingerprint density at radius 3 is 2.71 bits per heavy atom. The Bertz CT molecular complexity index is 413. The molecule has 0 bridgehead atoms. The van der Waals surface area contributed by atoms with Gasteiger partial charge < -0.3 is 15.2 Å². The van der Waals surface area contributed by atoms with Gasteiger partial charge in [-0.1, -0.05) is 11.6 Å². The maximum atomic E-state index is 11.4. The fourth-order valence-electron chi connectivity index (χ4n) is 1.18. The summed E-state index contributed by atoms with van der Waals surface area (Å²) < 4.78 is 5.07. The van der Waals surface area contributed by atoms with E-state index in [-0.39, 0.29) is 12.3 Å². The zero-order chi connectivity index (χ0) is 13.1. The van der Waals surface area contributed by atoms with Gasteiger partial charge in [0.05, 0.1) is 0 Å². The Balaban J connectivity index is 2.56. The third-order valence-electron chi connectivity index (χ3n) is 1.85. The molecule has 0 saturated carbocycles. The number of amides is 1. The van der Waals surface area contributed by atoms with Crippen molar-refractivity contribution >= 4 is 17.7 Å². The molecule has 1 amide bonds. The molecule has 0 fully saturated rings. The predicted octanol–water partition coefficient (Wildman–Crippen LogP) is 3.07. The molecule has 94 valence electrons. The largest absolute Gasteiger partial charge is 0.508 e. The van der Waals surface area contributed by atoms with Gasteiger partial charge in [-0.25, -0.2) is 4.79 Å². The number of alkyl carbamates (subject to hydrolysis) is 1. The number of nitrogens with one attached hydrogen (secondary N) is 1. The van der Waals surface area contributed by atoms with E-state index in [4.69, 9.17) is 16.3 Å². The molecular weight excluding hydrogens is 242 g/mol. The highest BCUT2D eigenvalue weighted by atomic mass is 35.5. The molecule has 1 aromatic carbocycles. The zero-order valence-corrected chi connectivity index (χ0v) is 10.8. The van der Waals surface area contributed by atoms with Crippen LogP contribution in [0.5, 0.6) is 5.75 Å². The molecule has 0 radical (unpaired) electrons. The number of phenolic OH excluding ortho intramolecular Hbond substituents is 1.